The lowest BCUT2D eigenvalue weighted by Crippen LogP contribution is -2.31. The Kier molecular flexibility index (Phi) is 4.27. The largest absolute Gasteiger partial charge is 0.443 e. The number of nitrogens with zero attached hydrogens (tertiary/aromatic N) is 1. The van der Waals surface area contributed by atoms with Gasteiger partial charge >= 0.3 is 6.18 Å². The van der Waals surface area contributed by atoms with Gasteiger partial charge in [0.15, 0.2) is 5.01 Å². The molecule has 1 N–H and O–H groups in total. The zero-order chi connectivity index (χ0) is 13.2. The van der Waals surface area contributed by atoms with Crippen LogP contribution in [0.1, 0.15) is 36.1 Å². The van der Waals surface area contributed by atoms with E-state index >= 15 is 0 Å². The average Bonchev–Trinajstić information content (AvgIpc) is 3.01. The molecule has 0 aliphatic heterocycles. The fourth-order valence-electron chi connectivity index (χ4n) is 2.12. The summed E-state index contributed by atoms with van der Waals surface area (Å²) in [6, 6.07) is 0.450. The molecule has 102 valence electrons. The summed E-state index contributed by atoms with van der Waals surface area (Å²) in [5.41, 5.74) is 0. The number of alkyl halides is 3. The van der Waals surface area contributed by atoms with E-state index in [-0.39, 0.29) is 0 Å². The molecule has 0 bridgehead atoms. The lowest BCUT2D eigenvalue weighted by molar-refractivity contribution is -0.137. The van der Waals surface area contributed by atoms with E-state index < -0.39 is 11.2 Å². The highest BCUT2D eigenvalue weighted by atomic mass is 32.1. The summed E-state index contributed by atoms with van der Waals surface area (Å²) in [4.78, 5) is 4.17. The van der Waals surface area contributed by atoms with Crippen LogP contribution in [0.15, 0.2) is 6.20 Å². The Morgan fingerprint density at radius 3 is 2.72 bits per heavy atom. The van der Waals surface area contributed by atoms with Gasteiger partial charge in [0.25, 0.3) is 0 Å². The first kappa shape index (κ1) is 13.8. The Hall–Kier alpha value is -0.620. The fourth-order valence-corrected chi connectivity index (χ4v) is 2.91. The number of nitrogens with one attached hydrogen (secondary N) is 1. The van der Waals surface area contributed by atoms with Gasteiger partial charge in [-0.3, -0.25) is 0 Å². The van der Waals surface area contributed by atoms with E-state index in [2.05, 4.69) is 17.2 Å². The molecular weight excluding hydrogens is 261 g/mol. The SMILES string of the molecule is CCNC(CCc1cnc(C(F)(F)F)s1)C1CC1. The summed E-state index contributed by atoms with van der Waals surface area (Å²) in [6.07, 6.45) is 1.13. The molecule has 0 radical (unpaired) electrons. The van der Waals surface area contributed by atoms with Crippen molar-refractivity contribution in [2.45, 2.75) is 44.8 Å². The van der Waals surface area contributed by atoms with Crippen LogP contribution in [0.2, 0.25) is 0 Å². The summed E-state index contributed by atoms with van der Waals surface area (Å²) in [7, 11) is 0. The van der Waals surface area contributed by atoms with Gasteiger partial charge in [-0.25, -0.2) is 4.98 Å². The van der Waals surface area contributed by atoms with Crippen molar-refractivity contribution in [2.24, 2.45) is 5.92 Å². The van der Waals surface area contributed by atoms with Crippen LogP contribution in [0, 0.1) is 5.92 Å². The third kappa shape index (κ3) is 3.68. The topological polar surface area (TPSA) is 24.9 Å². The molecule has 1 unspecified atom stereocenters. The van der Waals surface area contributed by atoms with Crippen LogP contribution in [-0.4, -0.2) is 17.6 Å². The van der Waals surface area contributed by atoms with Crippen molar-refractivity contribution in [3.63, 3.8) is 0 Å². The molecule has 2 nitrogen and oxygen atoms in total. The Balaban J connectivity index is 1.87. The number of rotatable bonds is 6. The molecule has 0 saturated heterocycles. The molecule has 0 aromatic carbocycles. The first-order valence-electron chi connectivity index (χ1n) is 6.26. The molecule has 6 heteroatoms. The lowest BCUT2D eigenvalue weighted by Gasteiger charge is -2.16. The van der Waals surface area contributed by atoms with E-state index in [1.54, 1.807) is 0 Å². The highest BCUT2D eigenvalue weighted by Gasteiger charge is 2.35. The van der Waals surface area contributed by atoms with E-state index in [1.807, 2.05) is 0 Å². The number of hydrogen-bond donors (Lipinski definition) is 1. The molecule has 1 fully saturated rings. The van der Waals surface area contributed by atoms with E-state index in [4.69, 9.17) is 0 Å². The normalized spacial score (nSPS) is 18.0. The molecule has 2 rings (SSSR count). The van der Waals surface area contributed by atoms with Crippen molar-refractivity contribution in [1.82, 2.24) is 10.3 Å². The van der Waals surface area contributed by atoms with Crippen molar-refractivity contribution in [1.29, 1.82) is 0 Å². The summed E-state index contributed by atoms with van der Waals surface area (Å²) in [6.45, 7) is 2.97. The molecule has 1 aliphatic rings. The predicted octanol–water partition coefficient (Wildman–Crippen LogP) is 3.48. The Bertz CT molecular complexity index is 385. The lowest BCUT2D eigenvalue weighted by atomic mass is 10.1. The zero-order valence-corrected chi connectivity index (χ0v) is 11.1. The van der Waals surface area contributed by atoms with Crippen molar-refractivity contribution < 1.29 is 13.2 Å². The fraction of sp³-hybridized carbons (Fsp3) is 0.750. The number of hydrogen-bond acceptors (Lipinski definition) is 3. The minimum Gasteiger partial charge on any atom is -0.314 e. The van der Waals surface area contributed by atoms with Crippen LogP contribution >= 0.6 is 11.3 Å². The van der Waals surface area contributed by atoms with Crippen molar-refractivity contribution in [3.05, 3.63) is 16.1 Å². The van der Waals surface area contributed by atoms with Gasteiger partial charge in [0.2, 0.25) is 0 Å². The van der Waals surface area contributed by atoms with E-state index in [0.29, 0.717) is 12.5 Å². The maximum Gasteiger partial charge on any atom is 0.443 e. The molecule has 0 spiro atoms. The van der Waals surface area contributed by atoms with Crippen molar-refractivity contribution in [2.75, 3.05) is 6.54 Å². The van der Waals surface area contributed by atoms with Gasteiger partial charge < -0.3 is 5.32 Å². The molecule has 1 aromatic rings. The maximum atomic E-state index is 12.4. The second-order valence-electron chi connectivity index (χ2n) is 4.67. The van der Waals surface area contributed by atoms with Gasteiger partial charge in [0, 0.05) is 17.1 Å². The van der Waals surface area contributed by atoms with Gasteiger partial charge in [-0.15, -0.1) is 11.3 Å². The quantitative estimate of drug-likeness (QED) is 0.861. The number of thiazole rings is 1. The summed E-state index contributed by atoms with van der Waals surface area (Å²) >= 11 is 0.768. The number of aromatic nitrogens is 1. The molecular formula is C12H17F3N2S. The van der Waals surface area contributed by atoms with Crippen LogP contribution in [0.3, 0.4) is 0 Å². The molecule has 18 heavy (non-hydrogen) atoms. The van der Waals surface area contributed by atoms with Gasteiger partial charge in [-0.05, 0) is 38.1 Å². The van der Waals surface area contributed by atoms with Crippen LogP contribution in [-0.2, 0) is 12.6 Å². The summed E-state index contributed by atoms with van der Waals surface area (Å²) < 4.78 is 37.2. The van der Waals surface area contributed by atoms with Crippen molar-refractivity contribution in [3.8, 4) is 0 Å². The number of halogens is 3. The highest BCUT2D eigenvalue weighted by molar-refractivity contribution is 7.11. The monoisotopic (exact) mass is 278 g/mol. The highest BCUT2D eigenvalue weighted by Crippen LogP contribution is 2.36. The van der Waals surface area contributed by atoms with Gasteiger partial charge in [-0.1, -0.05) is 6.92 Å². The minimum absolute atomic E-state index is 0.450. The third-order valence-electron chi connectivity index (χ3n) is 3.16. The van der Waals surface area contributed by atoms with E-state index in [9.17, 15) is 13.2 Å². The van der Waals surface area contributed by atoms with Crippen LogP contribution in [0.5, 0.6) is 0 Å². The Labute approximate surface area is 109 Å². The zero-order valence-electron chi connectivity index (χ0n) is 10.3. The second kappa shape index (κ2) is 5.57. The minimum atomic E-state index is -4.31. The first-order chi connectivity index (χ1) is 8.50. The molecule has 1 atom stereocenters. The van der Waals surface area contributed by atoms with E-state index in [1.165, 1.54) is 19.0 Å². The summed E-state index contributed by atoms with van der Waals surface area (Å²) in [5.74, 6) is 0.722. The van der Waals surface area contributed by atoms with E-state index in [0.717, 1.165) is 35.1 Å². The molecule has 1 heterocycles. The van der Waals surface area contributed by atoms with Gasteiger partial charge in [-0.2, -0.15) is 13.2 Å². The predicted molar refractivity (Wildman–Crippen MR) is 65.6 cm³/mol. The van der Waals surface area contributed by atoms with Crippen molar-refractivity contribution >= 4 is 11.3 Å². The van der Waals surface area contributed by atoms with Gasteiger partial charge in [0.1, 0.15) is 0 Å². The smallest absolute Gasteiger partial charge is 0.314 e. The summed E-state index contributed by atoms with van der Waals surface area (Å²) in [5, 5.41) is 2.68. The van der Waals surface area contributed by atoms with Crippen LogP contribution in [0.25, 0.3) is 0 Å². The standard InChI is InChI=1S/C12H17F3N2S/c1-2-16-10(8-3-4-8)6-5-9-7-17-11(18-9)12(13,14)15/h7-8,10,16H,2-6H2,1H3. The molecule has 1 aromatic heterocycles. The molecule has 0 amide bonds. The van der Waals surface area contributed by atoms with Crippen LogP contribution in [0.4, 0.5) is 13.2 Å². The first-order valence-corrected chi connectivity index (χ1v) is 7.07. The Morgan fingerprint density at radius 2 is 2.22 bits per heavy atom. The molecule has 1 saturated carbocycles. The maximum absolute atomic E-state index is 12.4. The molecule has 1 aliphatic carbocycles. The third-order valence-corrected chi connectivity index (χ3v) is 4.26. The van der Waals surface area contributed by atoms with Gasteiger partial charge in [0.05, 0.1) is 0 Å². The van der Waals surface area contributed by atoms with Crippen LogP contribution < -0.4 is 5.32 Å². The average molecular weight is 278 g/mol. The number of aryl methyl sites for hydroxylation is 1. The Morgan fingerprint density at radius 1 is 1.50 bits per heavy atom. The second-order valence-corrected chi connectivity index (χ2v) is 5.78.